The maximum Gasteiger partial charge on any atom is 0.293 e. The number of carbonyl (C=O) groups excluding carboxylic acids is 1. The molecule has 0 amide bonds. The lowest BCUT2D eigenvalue weighted by atomic mass is 10.1. The maximum atomic E-state index is 11.5. The molecule has 1 rings (SSSR count). The summed E-state index contributed by atoms with van der Waals surface area (Å²) in [5, 5.41) is 0. The normalized spacial score (nSPS) is 13.1. The van der Waals surface area contributed by atoms with Crippen LogP contribution in [0.5, 0.6) is 0 Å². The number of hydrogen-bond acceptors (Lipinski definition) is 6. The number of rotatable bonds is 6. The van der Waals surface area contributed by atoms with Crippen LogP contribution in [-0.4, -0.2) is 37.2 Å². The highest BCUT2D eigenvalue weighted by atomic mass is 32.2. The highest BCUT2D eigenvalue weighted by Gasteiger charge is 2.18. The molecule has 1 atom stereocenters. The maximum absolute atomic E-state index is 11.5. The minimum absolute atomic E-state index is 0.0768. The van der Waals surface area contributed by atoms with Gasteiger partial charge in [0, 0.05) is 18.9 Å². The third-order valence-corrected chi connectivity index (χ3v) is 3.42. The van der Waals surface area contributed by atoms with Gasteiger partial charge in [0.15, 0.2) is 9.84 Å². The van der Waals surface area contributed by atoms with E-state index in [1.54, 1.807) is 0 Å². The highest BCUT2D eigenvalue weighted by molar-refractivity contribution is 7.90. The fraction of sp³-hybridized carbons (Fsp3) is 0.500. The topological polar surface area (TPSA) is 86.2 Å². The quantitative estimate of drug-likeness (QED) is 0.685. The van der Waals surface area contributed by atoms with Crippen molar-refractivity contribution in [3.8, 4) is 0 Å². The molecule has 0 saturated carbocycles. The molecule has 1 aromatic heterocycles. The Morgan fingerprint density at radius 3 is 2.76 bits per heavy atom. The van der Waals surface area contributed by atoms with Crippen molar-refractivity contribution in [2.45, 2.75) is 30.8 Å². The third kappa shape index (κ3) is 3.77. The average molecular weight is 258 g/mol. The lowest BCUT2D eigenvalue weighted by molar-refractivity contribution is -0.133. The SMILES string of the molecule is CCC(Cc1ncncc1S(C)(=O)=O)OC=O. The van der Waals surface area contributed by atoms with E-state index in [2.05, 4.69) is 9.97 Å². The van der Waals surface area contributed by atoms with Gasteiger partial charge in [-0.05, 0) is 6.42 Å². The molecular weight excluding hydrogens is 244 g/mol. The van der Waals surface area contributed by atoms with Crippen LogP contribution in [-0.2, 0) is 25.8 Å². The predicted octanol–water partition coefficient (Wildman–Crippen LogP) is 0.374. The van der Waals surface area contributed by atoms with E-state index in [1.165, 1.54) is 12.5 Å². The summed E-state index contributed by atoms with van der Waals surface area (Å²) in [6, 6.07) is 0. The van der Waals surface area contributed by atoms with Gasteiger partial charge in [-0.1, -0.05) is 6.92 Å². The summed E-state index contributed by atoms with van der Waals surface area (Å²) in [7, 11) is -3.37. The monoisotopic (exact) mass is 258 g/mol. The van der Waals surface area contributed by atoms with Gasteiger partial charge in [-0.15, -0.1) is 0 Å². The van der Waals surface area contributed by atoms with Crippen molar-refractivity contribution in [3.63, 3.8) is 0 Å². The summed E-state index contributed by atoms with van der Waals surface area (Å²) in [5.74, 6) is 0. The Morgan fingerprint density at radius 2 is 2.24 bits per heavy atom. The molecule has 0 aliphatic heterocycles. The highest BCUT2D eigenvalue weighted by Crippen LogP contribution is 2.15. The second-order valence-electron chi connectivity index (χ2n) is 3.57. The standard InChI is InChI=1S/C10H14N2O4S/c1-3-8(16-7-13)4-9-10(17(2,14)15)5-11-6-12-9/h5-8H,3-4H2,1-2H3. The zero-order chi connectivity index (χ0) is 12.9. The Balaban J connectivity index is 3.02. The zero-order valence-electron chi connectivity index (χ0n) is 9.66. The molecule has 1 unspecified atom stereocenters. The summed E-state index contributed by atoms with van der Waals surface area (Å²) < 4.78 is 27.8. The van der Waals surface area contributed by atoms with E-state index in [0.29, 0.717) is 18.6 Å². The van der Waals surface area contributed by atoms with Crippen LogP contribution < -0.4 is 0 Å². The van der Waals surface area contributed by atoms with Crippen molar-refractivity contribution in [1.29, 1.82) is 0 Å². The molecule has 0 aromatic carbocycles. The largest absolute Gasteiger partial charge is 0.464 e. The number of nitrogens with zero attached hydrogens (tertiary/aromatic N) is 2. The van der Waals surface area contributed by atoms with Crippen LogP contribution in [0.4, 0.5) is 0 Å². The molecule has 94 valence electrons. The Bertz CT molecular complexity index is 487. The smallest absolute Gasteiger partial charge is 0.293 e. The van der Waals surface area contributed by atoms with Crippen molar-refractivity contribution in [2.24, 2.45) is 0 Å². The predicted molar refractivity (Wildman–Crippen MR) is 60.1 cm³/mol. The fourth-order valence-corrected chi connectivity index (χ4v) is 2.20. The minimum atomic E-state index is -3.37. The van der Waals surface area contributed by atoms with Crippen molar-refractivity contribution in [2.75, 3.05) is 6.26 Å². The van der Waals surface area contributed by atoms with Crippen molar-refractivity contribution in [1.82, 2.24) is 9.97 Å². The van der Waals surface area contributed by atoms with Gasteiger partial charge in [0.2, 0.25) is 0 Å². The van der Waals surface area contributed by atoms with Crippen LogP contribution in [0.2, 0.25) is 0 Å². The van der Waals surface area contributed by atoms with Crippen molar-refractivity contribution >= 4 is 16.3 Å². The van der Waals surface area contributed by atoms with Gasteiger partial charge in [-0.25, -0.2) is 18.4 Å². The molecule has 1 heterocycles. The van der Waals surface area contributed by atoms with Crippen LogP contribution in [0, 0.1) is 0 Å². The van der Waals surface area contributed by atoms with E-state index < -0.39 is 9.84 Å². The van der Waals surface area contributed by atoms with Gasteiger partial charge < -0.3 is 4.74 Å². The molecule has 0 fully saturated rings. The summed E-state index contributed by atoms with van der Waals surface area (Å²) in [6.45, 7) is 2.20. The molecular formula is C10H14N2O4S. The molecule has 1 aromatic rings. The molecule has 0 bridgehead atoms. The van der Waals surface area contributed by atoms with E-state index in [0.717, 1.165) is 6.26 Å². The molecule has 0 radical (unpaired) electrons. The van der Waals surface area contributed by atoms with Crippen LogP contribution >= 0.6 is 0 Å². The van der Waals surface area contributed by atoms with Crippen molar-refractivity contribution < 1.29 is 17.9 Å². The summed E-state index contributed by atoms with van der Waals surface area (Å²) in [5.41, 5.74) is 0.371. The van der Waals surface area contributed by atoms with Gasteiger partial charge in [0.25, 0.3) is 6.47 Å². The molecule has 0 aliphatic carbocycles. The first-order chi connectivity index (χ1) is 7.99. The van der Waals surface area contributed by atoms with E-state index in [1.807, 2.05) is 6.92 Å². The Kier molecular flexibility index (Phi) is 4.56. The van der Waals surface area contributed by atoms with Gasteiger partial charge in [0.1, 0.15) is 17.3 Å². The first kappa shape index (κ1) is 13.6. The van der Waals surface area contributed by atoms with E-state index in [9.17, 15) is 13.2 Å². The van der Waals surface area contributed by atoms with Gasteiger partial charge in [-0.2, -0.15) is 0 Å². The van der Waals surface area contributed by atoms with Crippen LogP contribution in [0.25, 0.3) is 0 Å². The minimum Gasteiger partial charge on any atom is -0.464 e. The number of ether oxygens (including phenoxy) is 1. The Morgan fingerprint density at radius 1 is 1.53 bits per heavy atom. The molecule has 6 nitrogen and oxygen atoms in total. The first-order valence-electron chi connectivity index (χ1n) is 5.07. The fourth-order valence-electron chi connectivity index (χ4n) is 1.39. The molecule has 0 N–H and O–H groups in total. The number of sulfone groups is 1. The molecule has 0 aliphatic rings. The second kappa shape index (κ2) is 5.72. The van der Waals surface area contributed by atoms with Crippen LogP contribution in [0.1, 0.15) is 19.0 Å². The average Bonchev–Trinajstić information content (AvgIpc) is 2.27. The van der Waals surface area contributed by atoms with Gasteiger partial charge in [-0.3, -0.25) is 4.79 Å². The first-order valence-corrected chi connectivity index (χ1v) is 6.96. The molecule has 0 spiro atoms. The lowest BCUT2D eigenvalue weighted by Crippen LogP contribution is -2.17. The summed E-state index contributed by atoms with van der Waals surface area (Å²) >= 11 is 0. The van der Waals surface area contributed by atoms with Gasteiger partial charge >= 0.3 is 0 Å². The number of aromatic nitrogens is 2. The van der Waals surface area contributed by atoms with E-state index >= 15 is 0 Å². The van der Waals surface area contributed by atoms with Gasteiger partial charge in [0.05, 0.1) is 5.69 Å². The number of carbonyl (C=O) groups is 1. The lowest BCUT2D eigenvalue weighted by Gasteiger charge is -2.13. The summed E-state index contributed by atoms with van der Waals surface area (Å²) in [4.78, 5) is 18.0. The number of hydrogen-bond donors (Lipinski definition) is 0. The van der Waals surface area contributed by atoms with Crippen LogP contribution in [0.3, 0.4) is 0 Å². The summed E-state index contributed by atoms with van der Waals surface area (Å²) in [6.07, 6.45) is 4.11. The third-order valence-electron chi connectivity index (χ3n) is 2.28. The second-order valence-corrected chi connectivity index (χ2v) is 5.56. The van der Waals surface area contributed by atoms with Crippen LogP contribution in [0.15, 0.2) is 17.4 Å². The molecule has 17 heavy (non-hydrogen) atoms. The van der Waals surface area contributed by atoms with E-state index in [4.69, 9.17) is 4.74 Å². The Labute approximate surface area is 100.0 Å². The molecule has 7 heteroatoms. The zero-order valence-corrected chi connectivity index (χ0v) is 10.5. The van der Waals surface area contributed by atoms with E-state index in [-0.39, 0.29) is 17.4 Å². The molecule has 0 saturated heterocycles. The van der Waals surface area contributed by atoms with Crippen molar-refractivity contribution in [3.05, 3.63) is 18.2 Å². The Hall–Kier alpha value is -1.50.